The summed E-state index contributed by atoms with van der Waals surface area (Å²) in [6.45, 7) is 5.00. The maximum absolute atomic E-state index is 4.30. The minimum absolute atomic E-state index is 0.890. The van der Waals surface area contributed by atoms with Crippen LogP contribution in [0.15, 0.2) is 29.9 Å². The average Bonchev–Trinajstić information content (AvgIpc) is 2.90. The van der Waals surface area contributed by atoms with Gasteiger partial charge in [0, 0.05) is 36.3 Å². The second kappa shape index (κ2) is 5.82. The fourth-order valence-electron chi connectivity index (χ4n) is 1.59. The quantitative estimate of drug-likeness (QED) is 0.834. The molecule has 3 nitrogen and oxygen atoms in total. The highest BCUT2D eigenvalue weighted by Crippen LogP contribution is 2.08. The van der Waals surface area contributed by atoms with Gasteiger partial charge >= 0.3 is 0 Å². The monoisotopic (exact) mass is 235 g/mol. The van der Waals surface area contributed by atoms with E-state index in [9.17, 15) is 0 Å². The highest BCUT2D eigenvalue weighted by molar-refractivity contribution is 7.09. The molecule has 86 valence electrons. The van der Waals surface area contributed by atoms with Gasteiger partial charge in [0.05, 0.1) is 6.20 Å². The van der Waals surface area contributed by atoms with Gasteiger partial charge in [0.15, 0.2) is 0 Å². The SMILES string of the molecule is CCCn1cc(CNCc2cccs2)cn1. The molecule has 0 bridgehead atoms. The van der Waals surface area contributed by atoms with Crippen molar-refractivity contribution < 1.29 is 0 Å². The van der Waals surface area contributed by atoms with Crippen LogP contribution in [-0.4, -0.2) is 9.78 Å². The van der Waals surface area contributed by atoms with E-state index >= 15 is 0 Å². The summed E-state index contributed by atoms with van der Waals surface area (Å²) in [4.78, 5) is 1.38. The Hall–Kier alpha value is -1.13. The molecule has 0 aromatic carbocycles. The molecule has 0 amide bonds. The summed E-state index contributed by atoms with van der Waals surface area (Å²) in [7, 11) is 0. The van der Waals surface area contributed by atoms with Gasteiger partial charge < -0.3 is 5.32 Å². The van der Waals surface area contributed by atoms with E-state index in [4.69, 9.17) is 0 Å². The van der Waals surface area contributed by atoms with Crippen molar-refractivity contribution in [1.29, 1.82) is 0 Å². The topological polar surface area (TPSA) is 29.9 Å². The Kier molecular flexibility index (Phi) is 4.13. The van der Waals surface area contributed by atoms with E-state index < -0.39 is 0 Å². The molecule has 0 saturated carbocycles. The molecular weight excluding hydrogens is 218 g/mol. The number of rotatable bonds is 6. The predicted molar refractivity (Wildman–Crippen MR) is 67.4 cm³/mol. The van der Waals surface area contributed by atoms with E-state index in [1.54, 1.807) is 11.3 Å². The van der Waals surface area contributed by atoms with Crippen LogP contribution in [0, 0.1) is 0 Å². The molecule has 0 aliphatic heterocycles. The third-order valence-electron chi connectivity index (χ3n) is 2.35. The van der Waals surface area contributed by atoms with Gasteiger partial charge in [0.2, 0.25) is 0 Å². The Morgan fingerprint density at radius 3 is 3.12 bits per heavy atom. The van der Waals surface area contributed by atoms with E-state index in [2.05, 4.69) is 41.0 Å². The Bertz CT molecular complexity index is 406. The van der Waals surface area contributed by atoms with Gasteiger partial charge in [-0.05, 0) is 17.9 Å². The van der Waals surface area contributed by atoms with E-state index in [0.29, 0.717) is 0 Å². The fourth-order valence-corrected chi connectivity index (χ4v) is 2.27. The molecule has 0 aliphatic rings. The lowest BCUT2D eigenvalue weighted by molar-refractivity contribution is 0.601. The molecule has 0 atom stereocenters. The molecule has 4 heteroatoms. The Morgan fingerprint density at radius 2 is 2.38 bits per heavy atom. The molecular formula is C12H17N3S. The van der Waals surface area contributed by atoms with Gasteiger partial charge in [0.1, 0.15) is 0 Å². The first-order valence-corrected chi connectivity index (χ1v) is 6.51. The molecule has 2 aromatic rings. The van der Waals surface area contributed by atoms with Crippen LogP contribution in [-0.2, 0) is 19.6 Å². The van der Waals surface area contributed by atoms with Crippen molar-refractivity contribution in [2.24, 2.45) is 0 Å². The minimum Gasteiger partial charge on any atom is -0.308 e. The van der Waals surface area contributed by atoms with Crippen molar-refractivity contribution in [3.63, 3.8) is 0 Å². The molecule has 0 aliphatic carbocycles. The van der Waals surface area contributed by atoms with Crippen molar-refractivity contribution in [2.75, 3.05) is 0 Å². The van der Waals surface area contributed by atoms with Crippen LogP contribution < -0.4 is 5.32 Å². The van der Waals surface area contributed by atoms with Crippen LogP contribution >= 0.6 is 11.3 Å². The highest BCUT2D eigenvalue weighted by Gasteiger charge is 1.98. The van der Waals surface area contributed by atoms with Gasteiger partial charge in [0.25, 0.3) is 0 Å². The third kappa shape index (κ3) is 3.18. The lowest BCUT2D eigenvalue weighted by atomic mass is 10.3. The van der Waals surface area contributed by atoms with E-state index in [1.165, 1.54) is 10.4 Å². The molecule has 2 aromatic heterocycles. The van der Waals surface area contributed by atoms with Crippen molar-refractivity contribution in [2.45, 2.75) is 33.0 Å². The number of aryl methyl sites for hydroxylation is 1. The summed E-state index contributed by atoms with van der Waals surface area (Å²) in [5.41, 5.74) is 1.25. The summed E-state index contributed by atoms with van der Waals surface area (Å²) in [5, 5.41) is 9.82. The number of hydrogen-bond donors (Lipinski definition) is 1. The van der Waals surface area contributed by atoms with Crippen LogP contribution in [0.2, 0.25) is 0 Å². The van der Waals surface area contributed by atoms with E-state index in [-0.39, 0.29) is 0 Å². The van der Waals surface area contributed by atoms with Crippen LogP contribution in [0.4, 0.5) is 0 Å². The van der Waals surface area contributed by atoms with E-state index in [1.807, 2.05) is 10.9 Å². The molecule has 16 heavy (non-hydrogen) atoms. The Balaban J connectivity index is 1.76. The summed E-state index contributed by atoms with van der Waals surface area (Å²) in [6.07, 6.45) is 5.19. The van der Waals surface area contributed by atoms with Gasteiger partial charge in [-0.2, -0.15) is 5.10 Å². The molecule has 0 saturated heterocycles. The minimum atomic E-state index is 0.890. The van der Waals surface area contributed by atoms with Crippen LogP contribution in [0.5, 0.6) is 0 Å². The largest absolute Gasteiger partial charge is 0.308 e. The van der Waals surface area contributed by atoms with Crippen molar-refractivity contribution >= 4 is 11.3 Å². The Morgan fingerprint density at radius 1 is 1.44 bits per heavy atom. The zero-order valence-corrected chi connectivity index (χ0v) is 10.3. The summed E-state index contributed by atoms with van der Waals surface area (Å²) < 4.78 is 2.00. The molecule has 2 heterocycles. The summed E-state index contributed by atoms with van der Waals surface area (Å²) in [5.74, 6) is 0. The zero-order valence-electron chi connectivity index (χ0n) is 9.52. The van der Waals surface area contributed by atoms with Gasteiger partial charge in [-0.1, -0.05) is 13.0 Å². The fraction of sp³-hybridized carbons (Fsp3) is 0.417. The molecule has 0 unspecified atom stereocenters. The summed E-state index contributed by atoms with van der Waals surface area (Å²) in [6, 6.07) is 4.24. The van der Waals surface area contributed by atoms with Gasteiger partial charge in [-0.15, -0.1) is 11.3 Å². The highest BCUT2D eigenvalue weighted by atomic mass is 32.1. The Labute approximate surface area is 100 Å². The average molecular weight is 235 g/mol. The van der Waals surface area contributed by atoms with Crippen LogP contribution in [0.1, 0.15) is 23.8 Å². The van der Waals surface area contributed by atoms with Crippen molar-refractivity contribution in [1.82, 2.24) is 15.1 Å². The molecule has 0 fully saturated rings. The van der Waals surface area contributed by atoms with E-state index in [0.717, 1.165) is 26.1 Å². The zero-order chi connectivity index (χ0) is 11.2. The predicted octanol–water partition coefficient (Wildman–Crippen LogP) is 2.64. The second-order valence-electron chi connectivity index (χ2n) is 3.79. The number of hydrogen-bond acceptors (Lipinski definition) is 3. The molecule has 2 rings (SSSR count). The first-order chi connectivity index (χ1) is 7.88. The van der Waals surface area contributed by atoms with Crippen LogP contribution in [0.3, 0.4) is 0 Å². The lowest BCUT2D eigenvalue weighted by Crippen LogP contribution is -2.11. The maximum Gasteiger partial charge on any atom is 0.0534 e. The van der Waals surface area contributed by atoms with Gasteiger partial charge in [-0.25, -0.2) is 0 Å². The van der Waals surface area contributed by atoms with Crippen molar-refractivity contribution in [3.8, 4) is 0 Å². The number of thiophene rings is 1. The molecule has 1 N–H and O–H groups in total. The normalized spacial score (nSPS) is 10.8. The van der Waals surface area contributed by atoms with Crippen molar-refractivity contribution in [3.05, 3.63) is 40.3 Å². The first-order valence-electron chi connectivity index (χ1n) is 5.63. The standard InChI is InChI=1S/C12H17N3S/c1-2-5-15-10-11(8-14-15)7-13-9-12-4-3-6-16-12/h3-4,6,8,10,13H,2,5,7,9H2,1H3. The lowest BCUT2D eigenvalue weighted by Gasteiger charge is -2.00. The smallest absolute Gasteiger partial charge is 0.0534 e. The summed E-state index contributed by atoms with van der Waals surface area (Å²) >= 11 is 1.79. The maximum atomic E-state index is 4.30. The second-order valence-corrected chi connectivity index (χ2v) is 4.83. The number of nitrogens with zero attached hydrogens (tertiary/aromatic N) is 2. The third-order valence-corrected chi connectivity index (χ3v) is 3.22. The molecule has 0 radical (unpaired) electrons. The first kappa shape index (κ1) is 11.4. The molecule has 0 spiro atoms. The van der Waals surface area contributed by atoms with Gasteiger partial charge in [-0.3, -0.25) is 4.68 Å². The number of nitrogens with one attached hydrogen (secondary N) is 1. The number of aromatic nitrogens is 2. The van der Waals surface area contributed by atoms with Crippen LogP contribution in [0.25, 0.3) is 0 Å².